The van der Waals surface area contributed by atoms with Crippen molar-refractivity contribution >= 4 is 19.8 Å². The number of likely N-dealkylation sites (N-methyl/N-ethyl adjacent to an activating group) is 1. The second-order valence-corrected chi connectivity index (χ2v) is 29.5. The summed E-state index contributed by atoms with van der Waals surface area (Å²) in [5.41, 5.74) is 0. The van der Waals surface area contributed by atoms with E-state index in [0.717, 1.165) is 44.9 Å². The van der Waals surface area contributed by atoms with E-state index >= 15 is 0 Å². The number of hydrogen-bond acceptors (Lipinski definition) is 7. The first-order valence-electron chi connectivity index (χ1n) is 39.4. The first kappa shape index (κ1) is 88.0. The van der Waals surface area contributed by atoms with Gasteiger partial charge in [-0.05, 0) is 77.0 Å². The summed E-state index contributed by atoms with van der Waals surface area (Å²) < 4.78 is 34.8. The van der Waals surface area contributed by atoms with Crippen LogP contribution in [0, 0.1) is 0 Å². The predicted molar refractivity (Wildman–Crippen MR) is 390 cm³/mol. The van der Waals surface area contributed by atoms with Crippen molar-refractivity contribution in [3.05, 3.63) is 48.6 Å². The molecule has 0 rings (SSSR count). The van der Waals surface area contributed by atoms with E-state index in [1.807, 2.05) is 21.1 Å². The summed E-state index contributed by atoms with van der Waals surface area (Å²) in [7, 11) is 1.50. The molecule has 0 aromatic heterocycles. The standard InChI is InChI=1S/C80H152NO8P/c1-6-8-10-12-14-16-18-20-22-24-26-28-30-32-34-36-38-40-42-44-46-48-50-52-54-56-58-60-62-64-66-68-70-72-79(82)86-76-78(77-88-90(84,85)87-75-74-81(3,4)5)89-80(83)73-71-69-67-65-63-61-59-57-55-53-51-49-47-45-43-41-39-37-35-33-31-29-27-25-23-21-19-17-15-13-11-9-7-2/h19,21,24-27,31,33,78H,6-18,20,22-23,28-30,32,34-77H2,1-5H3/p+1/b21-19-,26-24-,27-25-,33-31-. The third-order valence-corrected chi connectivity index (χ3v) is 18.8. The van der Waals surface area contributed by atoms with Crippen LogP contribution in [0.2, 0.25) is 0 Å². The van der Waals surface area contributed by atoms with E-state index < -0.39 is 26.5 Å². The molecule has 0 radical (unpaired) electrons. The molecule has 0 heterocycles. The molecule has 0 aromatic rings. The molecule has 0 bridgehead atoms. The number of allylic oxidation sites excluding steroid dienone is 8. The quantitative estimate of drug-likeness (QED) is 0.0211. The number of esters is 2. The van der Waals surface area contributed by atoms with Crippen LogP contribution < -0.4 is 0 Å². The molecule has 0 aliphatic carbocycles. The minimum Gasteiger partial charge on any atom is -0.462 e. The third-order valence-electron chi connectivity index (χ3n) is 17.8. The number of phosphoric ester groups is 1. The van der Waals surface area contributed by atoms with Gasteiger partial charge in [0, 0.05) is 12.8 Å². The molecule has 0 aliphatic heterocycles. The van der Waals surface area contributed by atoms with Crippen molar-refractivity contribution in [1.29, 1.82) is 0 Å². The van der Waals surface area contributed by atoms with E-state index in [-0.39, 0.29) is 25.6 Å². The fraction of sp³-hybridized carbons (Fsp3) is 0.875. The molecular formula is C80H153NO8P+. The van der Waals surface area contributed by atoms with Gasteiger partial charge in [0.25, 0.3) is 0 Å². The topological polar surface area (TPSA) is 108 Å². The second-order valence-electron chi connectivity index (χ2n) is 28.1. The van der Waals surface area contributed by atoms with Gasteiger partial charge in [-0.2, -0.15) is 0 Å². The van der Waals surface area contributed by atoms with E-state index in [1.165, 1.54) is 321 Å². The fourth-order valence-electron chi connectivity index (χ4n) is 11.8. The summed E-state index contributed by atoms with van der Waals surface area (Å²) in [6, 6.07) is 0. The maximum absolute atomic E-state index is 12.9. The molecule has 0 aromatic carbocycles. The van der Waals surface area contributed by atoms with E-state index in [1.54, 1.807) is 0 Å². The Kier molecular flexibility index (Phi) is 69.7. The zero-order chi connectivity index (χ0) is 65.5. The summed E-state index contributed by atoms with van der Waals surface area (Å²) in [6.45, 7) is 4.49. The Bertz CT molecular complexity index is 1660. The van der Waals surface area contributed by atoms with Gasteiger partial charge in [0.1, 0.15) is 19.8 Å². The lowest BCUT2D eigenvalue weighted by atomic mass is 10.0. The highest BCUT2D eigenvalue weighted by Gasteiger charge is 2.27. The SMILES string of the molecule is CCCCCCC/C=C\C/C=C\C/C=C\CCCCCCCCCCCCCCCCCCCCC(=O)OC(COC(=O)CCCCCCCCCCCCCCCCCCCCCCC/C=C\CCCCCCCCCC)COP(=O)(O)OCC[N+](C)(C)C. The Labute approximate surface area is 560 Å². The zero-order valence-corrected chi connectivity index (χ0v) is 61.5. The van der Waals surface area contributed by atoms with Crippen LogP contribution in [0.5, 0.6) is 0 Å². The van der Waals surface area contributed by atoms with E-state index in [9.17, 15) is 19.0 Å². The second kappa shape index (κ2) is 71.3. The maximum Gasteiger partial charge on any atom is 0.472 e. The minimum absolute atomic E-state index is 0.0341. The Balaban J connectivity index is 3.94. The average molecular weight is 1290 g/mol. The van der Waals surface area contributed by atoms with Crippen molar-refractivity contribution in [3.8, 4) is 0 Å². The third kappa shape index (κ3) is 75.0. The van der Waals surface area contributed by atoms with Crippen LogP contribution in [0.1, 0.15) is 399 Å². The van der Waals surface area contributed by atoms with E-state index in [4.69, 9.17) is 18.5 Å². The number of rotatable bonds is 74. The fourth-order valence-corrected chi connectivity index (χ4v) is 12.5. The molecule has 90 heavy (non-hydrogen) atoms. The van der Waals surface area contributed by atoms with Crippen LogP contribution in [0.15, 0.2) is 48.6 Å². The van der Waals surface area contributed by atoms with Crippen molar-refractivity contribution in [2.45, 2.75) is 405 Å². The van der Waals surface area contributed by atoms with Crippen LogP contribution in [0.3, 0.4) is 0 Å². The first-order chi connectivity index (χ1) is 44.0. The van der Waals surface area contributed by atoms with Gasteiger partial charge in [-0.3, -0.25) is 18.6 Å². The lowest BCUT2D eigenvalue weighted by Gasteiger charge is -2.24. The van der Waals surface area contributed by atoms with Crippen LogP contribution in [0.4, 0.5) is 0 Å². The highest BCUT2D eigenvalue weighted by molar-refractivity contribution is 7.47. The lowest BCUT2D eigenvalue weighted by Crippen LogP contribution is -2.37. The van der Waals surface area contributed by atoms with Crippen LogP contribution in [-0.2, 0) is 32.7 Å². The summed E-state index contributed by atoms with van der Waals surface area (Å²) in [4.78, 5) is 36.0. The number of unbranched alkanes of at least 4 members (excludes halogenated alkanes) is 52. The summed E-state index contributed by atoms with van der Waals surface area (Å²) in [5, 5.41) is 0. The van der Waals surface area contributed by atoms with Crippen molar-refractivity contribution < 1.29 is 42.1 Å². The van der Waals surface area contributed by atoms with Crippen molar-refractivity contribution in [2.24, 2.45) is 0 Å². The highest BCUT2D eigenvalue weighted by Crippen LogP contribution is 2.43. The van der Waals surface area contributed by atoms with Crippen LogP contribution >= 0.6 is 7.82 Å². The molecular weight excluding hydrogens is 1130 g/mol. The van der Waals surface area contributed by atoms with Gasteiger partial charge in [0.15, 0.2) is 6.10 Å². The molecule has 9 nitrogen and oxygen atoms in total. The molecule has 10 heteroatoms. The molecule has 0 saturated heterocycles. The Morgan fingerprint density at radius 3 is 0.900 bits per heavy atom. The maximum atomic E-state index is 12.9. The van der Waals surface area contributed by atoms with Crippen molar-refractivity contribution in [2.75, 3.05) is 47.5 Å². The van der Waals surface area contributed by atoms with Gasteiger partial charge in [-0.15, -0.1) is 0 Å². The monoisotopic (exact) mass is 1290 g/mol. The summed E-state index contributed by atoms with van der Waals surface area (Å²) in [5.74, 6) is -0.774. The molecule has 0 spiro atoms. The van der Waals surface area contributed by atoms with E-state index in [2.05, 4.69) is 62.5 Å². The Hall–Kier alpha value is -2.03. The molecule has 2 unspecified atom stereocenters. The summed E-state index contributed by atoms with van der Waals surface area (Å²) >= 11 is 0. The number of carbonyl (C=O) groups is 2. The van der Waals surface area contributed by atoms with Gasteiger partial charge < -0.3 is 18.9 Å². The van der Waals surface area contributed by atoms with Crippen molar-refractivity contribution in [1.82, 2.24) is 0 Å². The smallest absolute Gasteiger partial charge is 0.462 e. The van der Waals surface area contributed by atoms with Gasteiger partial charge in [0.2, 0.25) is 0 Å². The normalized spacial score (nSPS) is 13.3. The number of hydrogen-bond donors (Lipinski definition) is 1. The molecule has 530 valence electrons. The summed E-state index contributed by atoms with van der Waals surface area (Å²) in [6.07, 6.45) is 94.0. The van der Waals surface area contributed by atoms with Gasteiger partial charge in [-0.25, -0.2) is 4.57 Å². The highest BCUT2D eigenvalue weighted by atomic mass is 31.2. The van der Waals surface area contributed by atoms with Gasteiger partial charge in [-0.1, -0.05) is 358 Å². The largest absolute Gasteiger partial charge is 0.472 e. The zero-order valence-electron chi connectivity index (χ0n) is 60.7. The van der Waals surface area contributed by atoms with Crippen LogP contribution in [0.25, 0.3) is 0 Å². The predicted octanol–water partition coefficient (Wildman–Crippen LogP) is 26.0. The van der Waals surface area contributed by atoms with Gasteiger partial charge >= 0.3 is 19.8 Å². The minimum atomic E-state index is -4.39. The average Bonchev–Trinajstić information content (AvgIpc) is 3.58. The van der Waals surface area contributed by atoms with Crippen LogP contribution in [-0.4, -0.2) is 74.9 Å². The molecule has 1 N–H and O–H groups in total. The number of nitrogens with zero attached hydrogens (tertiary/aromatic N) is 1. The first-order valence-corrected chi connectivity index (χ1v) is 40.9. The van der Waals surface area contributed by atoms with Gasteiger partial charge in [0.05, 0.1) is 27.7 Å². The number of quaternary nitrogens is 1. The van der Waals surface area contributed by atoms with Crippen molar-refractivity contribution in [3.63, 3.8) is 0 Å². The number of phosphoric acid groups is 1. The Morgan fingerprint density at radius 2 is 0.600 bits per heavy atom. The number of ether oxygens (including phenoxy) is 2. The molecule has 0 saturated carbocycles. The molecule has 0 aliphatic rings. The Morgan fingerprint density at radius 1 is 0.344 bits per heavy atom. The van der Waals surface area contributed by atoms with E-state index in [0.29, 0.717) is 23.9 Å². The lowest BCUT2D eigenvalue weighted by molar-refractivity contribution is -0.870. The molecule has 0 fully saturated rings. The molecule has 2 atom stereocenters. The number of carbonyl (C=O) groups excluding carboxylic acids is 2. The molecule has 0 amide bonds.